The maximum absolute atomic E-state index is 12.7. The van der Waals surface area contributed by atoms with E-state index in [9.17, 15) is 18.0 Å². The Morgan fingerprint density at radius 3 is 2.60 bits per heavy atom. The molecule has 0 spiro atoms. The number of nitrogens with two attached hydrogens (primary N) is 1. The summed E-state index contributed by atoms with van der Waals surface area (Å²) in [5, 5.41) is 10.0. The van der Waals surface area contributed by atoms with E-state index in [1.165, 1.54) is 12.1 Å². The third kappa shape index (κ3) is 7.09. The molecule has 1 aliphatic rings. The summed E-state index contributed by atoms with van der Waals surface area (Å²) in [5.74, 6) is -1.25. The van der Waals surface area contributed by atoms with E-state index in [-0.39, 0.29) is 29.7 Å². The van der Waals surface area contributed by atoms with Crippen LogP contribution in [0, 0.1) is 12.3 Å². The summed E-state index contributed by atoms with van der Waals surface area (Å²) in [7, 11) is -2.87. The van der Waals surface area contributed by atoms with Crippen molar-refractivity contribution in [3.05, 3.63) is 65.2 Å². The van der Waals surface area contributed by atoms with E-state index in [0.29, 0.717) is 12.0 Å². The molecule has 3 rings (SSSR count). The van der Waals surface area contributed by atoms with Crippen molar-refractivity contribution in [1.82, 2.24) is 15.5 Å². The van der Waals surface area contributed by atoms with E-state index in [2.05, 4.69) is 15.5 Å². The zero-order valence-corrected chi connectivity index (χ0v) is 20.2. The van der Waals surface area contributed by atoms with E-state index >= 15 is 0 Å². The summed E-state index contributed by atoms with van der Waals surface area (Å²) in [4.78, 5) is 30.1. The van der Waals surface area contributed by atoms with Gasteiger partial charge in [0, 0.05) is 12.1 Å². The molecule has 1 aliphatic heterocycles. The van der Waals surface area contributed by atoms with Crippen LogP contribution in [0.15, 0.2) is 53.4 Å². The van der Waals surface area contributed by atoms with Crippen molar-refractivity contribution < 1.29 is 27.6 Å². The quantitative estimate of drug-likeness (QED) is 0.178. The Bertz CT molecular complexity index is 1190. The zero-order chi connectivity index (χ0) is 25.6. The van der Waals surface area contributed by atoms with Gasteiger partial charge in [-0.2, -0.15) is 10.2 Å². The van der Waals surface area contributed by atoms with Crippen LogP contribution in [0.4, 0.5) is 0 Å². The molecule has 6 N–H and O–H groups in total. The Morgan fingerprint density at radius 1 is 1.26 bits per heavy atom. The van der Waals surface area contributed by atoms with Gasteiger partial charge in [-0.3, -0.25) is 19.8 Å². The molecule has 1 fully saturated rings. The molecule has 1 heterocycles. The van der Waals surface area contributed by atoms with Gasteiger partial charge in [0.2, 0.25) is 15.9 Å². The van der Waals surface area contributed by atoms with Crippen molar-refractivity contribution in [3.63, 3.8) is 0 Å². The van der Waals surface area contributed by atoms with Crippen LogP contribution in [-0.2, 0) is 29.2 Å². The number of rotatable bonds is 10. The highest BCUT2D eigenvalue weighted by Gasteiger charge is 2.30. The second kappa shape index (κ2) is 11.4. The van der Waals surface area contributed by atoms with E-state index in [1.54, 1.807) is 31.2 Å². The molecule has 3 atom stereocenters. The molecule has 0 bridgehead atoms. The lowest BCUT2D eigenvalue weighted by molar-refractivity contribution is -0.142. The first-order valence-corrected chi connectivity index (χ1v) is 12.4. The van der Waals surface area contributed by atoms with Gasteiger partial charge in [-0.1, -0.05) is 36.4 Å². The summed E-state index contributed by atoms with van der Waals surface area (Å²) in [6, 6.07) is 11.9. The molecular weight excluding hydrogens is 474 g/mol. The van der Waals surface area contributed by atoms with Crippen molar-refractivity contribution >= 4 is 27.7 Å². The fourth-order valence-electron chi connectivity index (χ4n) is 3.61. The van der Waals surface area contributed by atoms with Gasteiger partial charge < -0.3 is 15.8 Å². The number of carbonyl (C=O) groups excluding carboxylic acids is 2. The number of esters is 1. The highest BCUT2D eigenvalue weighted by Crippen LogP contribution is 2.27. The number of hydroxylamine groups is 1. The third-order valence-corrected chi connectivity index (χ3v) is 6.97. The highest BCUT2D eigenvalue weighted by atomic mass is 32.2. The molecule has 1 unspecified atom stereocenters. The summed E-state index contributed by atoms with van der Waals surface area (Å²) < 4.78 is 32.4. The number of nitrogen functional groups attached to an aromatic ring is 1. The number of nitrogens with one attached hydrogen (secondary N) is 4. The molecule has 0 aliphatic carbocycles. The van der Waals surface area contributed by atoms with Gasteiger partial charge in [-0.05, 0) is 36.6 Å². The molecule has 11 nitrogen and oxygen atoms in total. The molecule has 0 radical (unpaired) electrons. The van der Waals surface area contributed by atoms with Crippen molar-refractivity contribution in [2.45, 2.75) is 42.8 Å². The highest BCUT2D eigenvalue weighted by molar-refractivity contribution is 7.89. The lowest BCUT2D eigenvalue weighted by Gasteiger charge is -2.18. The lowest BCUT2D eigenvalue weighted by atomic mass is 9.99. The molecule has 12 heteroatoms. The van der Waals surface area contributed by atoms with Crippen molar-refractivity contribution in [1.29, 1.82) is 5.41 Å². The van der Waals surface area contributed by atoms with Gasteiger partial charge in [0.25, 0.3) is 0 Å². The van der Waals surface area contributed by atoms with Gasteiger partial charge in [0.15, 0.2) is 0 Å². The second-order valence-electron chi connectivity index (χ2n) is 8.20. The maximum Gasteiger partial charge on any atom is 0.325 e. The summed E-state index contributed by atoms with van der Waals surface area (Å²) >= 11 is 0. The number of aryl methyl sites for hydroxylation is 1. The predicted octanol–water partition coefficient (Wildman–Crippen LogP) is 0.640. The van der Waals surface area contributed by atoms with Crippen molar-refractivity contribution in [3.8, 4) is 0 Å². The molecule has 35 heavy (non-hydrogen) atoms. The number of methoxy groups -OCH3 is 1. The van der Waals surface area contributed by atoms with Crippen LogP contribution >= 0.6 is 0 Å². The van der Waals surface area contributed by atoms with Gasteiger partial charge >= 0.3 is 5.97 Å². The topological polar surface area (TPSA) is 173 Å². The predicted molar refractivity (Wildman–Crippen MR) is 128 cm³/mol. The van der Waals surface area contributed by atoms with Crippen LogP contribution in [0.1, 0.15) is 35.6 Å². The van der Waals surface area contributed by atoms with Crippen LogP contribution < -0.4 is 21.3 Å². The first-order valence-electron chi connectivity index (χ1n) is 10.9. The average Bonchev–Trinajstić information content (AvgIpc) is 3.29. The molecule has 1 amide bonds. The van der Waals surface area contributed by atoms with Gasteiger partial charge in [0.1, 0.15) is 11.9 Å². The van der Waals surface area contributed by atoms with E-state index in [1.807, 2.05) is 12.1 Å². The second-order valence-corrected chi connectivity index (χ2v) is 9.92. The molecule has 0 saturated carbocycles. The van der Waals surface area contributed by atoms with Crippen molar-refractivity contribution in [2.24, 2.45) is 5.73 Å². The van der Waals surface area contributed by atoms with Gasteiger partial charge in [0.05, 0.1) is 30.6 Å². The first kappa shape index (κ1) is 26.3. The maximum atomic E-state index is 12.7. The Labute approximate surface area is 203 Å². The average molecular weight is 504 g/mol. The molecule has 2 aromatic rings. The van der Waals surface area contributed by atoms with Crippen LogP contribution in [0.5, 0.6) is 0 Å². The molecule has 1 saturated heterocycles. The number of hydrogen-bond donors (Lipinski definition) is 5. The normalized spacial score (nSPS) is 18.6. The van der Waals surface area contributed by atoms with Crippen molar-refractivity contribution in [2.75, 3.05) is 13.7 Å². The van der Waals surface area contributed by atoms with Gasteiger partial charge in [-0.25, -0.2) is 8.42 Å². The molecule has 2 aromatic carbocycles. The van der Waals surface area contributed by atoms with Gasteiger partial charge in [-0.15, -0.1) is 0 Å². The number of ether oxygens (including phenoxy) is 1. The number of amides is 1. The standard InChI is InChI=1S/C23H29N5O6S/c1-14-4-3-5-18(10-14)35(31,32)28-20(23(30)33-2)13-26-21(29)12-17-11-19(27-34-17)15-6-8-16(9-7-15)22(24)25/h3-10,17,19-20,27-28H,11-13H2,1-2H3,(H3,24,25)(H,26,29)/t17-,19?,20+/m1/s1. The SMILES string of the molecule is COC(=O)[C@H](CNC(=O)C[C@H]1CC(c2ccc(C(=N)N)cc2)NO1)NS(=O)(=O)c1cccc(C)c1. The van der Waals surface area contributed by atoms with Crippen LogP contribution in [0.2, 0.25) is 0 Å². The van der Waals surface area contributed by atoms with E-state index in [0.717, 1.165) is 18.2 Å². The molecule has 188 valence electrons. The Kier molecular flexibility index (Phi) is 8.57. The molecule has 0 aromatic heterocycles. The number of hydrogen-bond acceptors (Lipinski definition) is 8. The Morgan fingerprint density at radius 2 is 1.97 bits per heavy atom. The number of carbonyl (C=O) groups is 2. The Balaban J connectivity index is 1.54. The zero-order valence-electron chi connectivity index (χ0n) is 19.4. The summed E-state index contributed by atoms with van der Waals surface area (Å²) in [6.45, 7) is 1.47. The third-order valence-electron chi connectivity index (χ3n) is 5.50. The fraction of sp³-hybridized carbons (Fsp3) is 0.348. The summed E-state index contributed by atoms with van der Waals surface area (Å²) in [5.41, 5.74) is 10.6. The number of amidine groups is 1. The number of benzene rings is 2. The van der Waals surface area contributed by atoms with Crippen LogP contribution in [-0.4, -0.2) is 51.9 Å². The largest absolute Gasteiger partial charge is 0.468 e. The minimum Gasteiger partial charge on any atom is -0.468 e. The molecular formula is C23H29N5O6S. The first-order chi connectivity index (χ1) is 16.6. The smallest absolute Gasteiger partial charge is 0.325 e. The minimum atomic E-state index is -4.01. The minimum absolute atomic E-state index is 0.00513. The van der Waals surface area contributed by atoms with Crippen LogP contribution in [0.25, 0.3) is 0 Å². The fourth-order valence-corrected chi connectivity index (χ4v) is 4.90. The van der Waals surface area contributed by atoms with E-state index in [4.69, 9.17) is 20.7 Å². The summed E-state index contributed by atoms with van der Waals surface area (Å²) in [6.07, 6.45) is 0.105. The van der Waals surface area contributed by atoms with E-state index < -0.39 is 34.0 Å². The van der Waals surface area contributed by atoms with Crippen LogP contribution in [0.3, 0.4) is 0 Å². The monoisotopic (exact) mass is 503 g/mol. The number of sulfonamides is 1. The lowest BCUT2D eigenvalue weighted by Crippen LogP contribution is -2.49. The Hall–Kier alpha value is -3.32.